The standard InChI is InChI=1S/C19H22N2O6/c1-26-18-12-15(5-7-17(18)22)6-8-19(23)20-13-16-4-2-3-14(11-16)9-10-27-21(24)25/h2-8,11-12,22,24-25H,9-10,13H2,1H3,(H,20,23)/b8-6+. The third kappa shape index (κ3) is 7.08. The Kier molecular flexibility index (Phi) is 7.78. The van der Waals surface area contributed by atoms with Crippen LogP contribution in [0, 0.1) is 0 Å². The van der Waals surface area contributed by atoms with E-state index in [0.29, 0.717) is 18.7 Å². The van der Waals surface area contributed by atoms with Crippen molar-refractivity contribution in [2.45, 2.75) is 13.0 Å². The number of carbonyl (C=O) groups excluding carboxylic acids is 1. The van der Waals surface area contributed by atoms with E-state index in [1.165, 1.54) is 19.3 Å². The summed E-state index contributed by atoms with van der Waals surface area (Å²) in [6.45, 7) is 0.463. The summed E-state index contributed by atoms with van der Waals surface area (Å²) in [6.07, 6.45) is 3.52. The predicted molar refractivity (Wildman–Crippen MR) is 97.0 cm³/mol. The van der Waals surface area contributed by atoms with Gasteiger partial charge in [-0.05, 0) is 41.3 Å². The number of methoxy groups -OCH3 is 1. The number of ether oxygens (including phenoxy) is 1. The summed E-state index contributed by atoms with van der Waals surface area (Å²) in [7, 11) is 1.46. The molecule has 0 fully saturated rings. The molecule has 0 bridgehead atoms. The first-order valence-corrected chi connectivity index (χ1v) is 8.19. The summed E-state index contributed by atoms with van der Waals surface area (Å²) in [5.41, 5.74) is 2.57. The first kappa shape index (κ1) is 20.4. The smallest absolute Gasteiger partial charge is 0.244 e. The van der Waals surface area contributed by atoms with Gasteiger partial charge >= 0.3 is 0 Å². The summed E-state index contributed by atoms with van der Waals surface area (Å²) in [5, 5.41) is 29.0. The molecule has 0 spiro atoms. The Morgan fingerprint density at radius 1 is 1.19 bits per heavy atom. The maximum atomic E-state index is 12.0. The highest BCUT2D eigenvalue weighted by molar-refractivity contribution is 5.91. The Labute approximate surface area is 156 Å². The maximum Gasteiger partial charge on any atom is 0.244 e. The molecule has 0 aliphatic rings. The molecule has 0 atom stereocenters. The van der Waals surface area contributed by atoms with E-state index in [2.05, 4.69) is 10.2 Å². The molecule has 1 amide bonds. The van der Waals surface area contributed by atoms with Crippen molar-refractivity contribution in [3.63, 3.8) is 0 Å². The average Bonchev–Trinajstić information content (AvgIpc) is 2.65. The van der Waals surface area contributed by atoms with Crippen LogP contribution >= 0.6 is 0 Å². The van der Waals surface area contributed by atoms with Gasteiger partial charge in [0.25, 0.3) is 0 Å². The largest absolute Gasteiger partial charge is 0.504 e. The molecule has 27 heavy (non-hydrogen) atoms. The SMILES string of the molecule is COc1cc(/C=C/C(=O)NCc2cccc(CCON(O)O)c2)ccc1O. The van der Waals surface area contributed by atoms with Gasteiger partial charge < -0.3 is 15.2 Å². The van der Waals surface area contributed by atoms with Crippen LogP contribution in [0.1, 0.15) is 16.7 Å². The fourth-order valence-electron chi connectivity index (χ4n) is 2.36. The fourth-order valence-corrected chi connectivity index (χ4v) is 2.36. The van der Waals surface area contributed by atoms with Crippen LogP contribution < -0.4 is 10.1 Å². The normalized spacial score (nSPS) is 11.1. The number of carbonyl (C=O) groups is 1. The molecular weight excluding hydrogens is 352 g/mol. The van der Waals surface area contributed by atoms with Gasteiger partial charge in [-0.2, -0.15) is 0 Å². The first-order valence-electron chi connectivity index (χ1n) is 8.19. The van der Waals surface area contributed by atoms with Crippen molar-refractivity contribution < 1.29 is 29.9 Å². The predicted octanol–water partition coefficient (Wildman–Crippen LogP) is 2.28. The summed E-state index contributed by atoms with van der Waals surface area (Å²) in [5.74, 6) is 0.117. The number of amides is 1. The molecule has 144 valence electrons. The van der Waals surface area contributed by atoms with Crippen LogP contribution in [-0.4, -0.2) is 40.5 Å². The van der Waals surface area contributed by atoms with Gasteiger partial charge in [0, 0.05) is 12.6 Å². The molecule has 2 rings (SSSR count). The van der Waals surface area contributed by atoms with Crippen LogP contribution in [0.25, 0.3) is 6.08 Å². The first-order chi connectivity index (χ1) is 13.0. The van der Waals surface area contributed by atoms with Crippen LogP contribution in [0.4, 0.5) is 0 Å². The Morgan fingerprint density at radius 2 is 1.96 bits per heavy atom. The number of rotatable bonds is 9. The van der Waals surface area contributed by atoms with Crippen LogP contribution in [0.2, 0.25) is 0 Å². The van der Waals surface area contributed by atoms with Gasteiger partial charge in [0.2, 0.25) is 5.91 Å². The van der Waals surface area contributed by atoms with E-state index >= 15 is 0 Å². The van der Waals surface area contributed by atoms with Gasteiger partial charge in [-0.3, -0.25) is 20.0 Å². The number of nitrogens with one attached hydrogen (secondary N) is 1. The molecule has 0 saturated carbocycles. The third-order valence-corrected chi connectivity index (χ3v) is 3.69. The second-order valence-corrected chi connectivity index (χ2v) is 5.64. The van der Waals surface area contributed by atoms with E-state index < -0.39 is 0 Å². The van der Waals surface area contributed by atoms with E-state index in [9.17, 15) is 9.90 Å². The number of hydrogen-bond acceptors (Lipinski definition) is 7. The topological polar surface area (TPSA) is 111 Å². The molecule has 0 saturated heterocycles. The van der Waals surface area contributed by atoms with Gasteiger partial charge in [0.15, 0.2) is 11.5 Å². The number of aromatic hydroxyl groups is 1. The molecular formula is C19H22N2O6. The van der Waals surface area contributed by atoms with Crippen LogP contribution in [0.15, 0.2) is 48.5 Å². The van der Waals surface area contributed by atoms with E-state index in [1.54, 1.807) is 18.2 Å². The van der Waals surface area contributed by atoms with Gasteiger partial charge in [-0.1, -0.05) is 30.3 Å². The van der Waals surface area contributed by atoms with Crippen molar-refractivity contribution in [1.82, 2.24) is 10.7 Å². The highest BCUT2D eigenvalue weighted by Gasteiger charge is 2.03. The van der Waals surface area contributed by atoms with Gasteiger partial charge in [0.1, 0.15) is 0 Å². The number of hydrogen-bond donors (Lipinski definition) is 4. The number of phenolic OH excluding ortho intramolecular Hbond substituents is 1. The summed E-state index contributed by atoms with van der Waals surface area (Å²) in [4.78, 5) is 16.5. The molecule has 0 heterocycles. The Balaban J connectivity index is 1.86. The van der Waals surface area contributed by atoms with Crippen molar-refractivity contribution in [1.29, 1.82) is 0 Å². The van der Waals surface area contributed by atoms with Crippen LogP contribution in [-0.2, 0) is 22.6 Å². The lowest BCUT2D eigenvalue weighted by Crippen LogP contribution is -2.20. The molecule has 0 aliphatic carbocycles. The van der Waals surface area contributed by atoms with E-state index in [1.807, 2.05) is 24.3 Å². The van der Waals surface area contributed by atoms with E-state index in [-0.39, 0.29) is 23.7 Å². The second kappa shape index (κ2) is 10.3. The summed E-state index contributed by atoms with van der Waals surface area (Å²) >= 11 is 0. The number of nitrogens with zero attached hydrogens (tertiary/aromatic N) is 1. The monoisotopic (exact) mass is 374 g/mol. The van der Waals surface area contributed by atoms with Crippen molar-refractivity contribution in [3.8, 4) is 11.5 Å². The quantitative estimate of drug-likeness (QED) is 0.394. The third-order valence-electron chi connectivity index (χ3n) is 3.69. The van der Waals surface area contributed by atoms with Crippen molar-refractivity contribution in [2.24, 2.45) is 0 Å². The van der Waals surface area contributed by atoms with Crippen LogP contribution in [0.3, 0.4) is 0 Å². The van der Waals surface area contributed by atoms with E-state index in [0.717, 1.165) is 16.7 Å². The lowest BCUT2D eigenvalue weighted by atomic mass is 10.1. The Hall–Kier alpha value is -2.91. The molecule has 0 aliphatic heterocycles. The van der Waals surface area contributed by atoms with Gasteiger partial charge in [-0.25, -0.2) is 0 Å². The fraction of sp³-hybridized carbons (Fsp3) is 0.211. The van der Waals surface area contributed by atoms with Gasteiger partial charge in [-0.15, -0.1) is 0 Å². The minimum absolute atomic E-state index is 0.0371. The molecule has 8 heteroatoms. The zero-order valence-electron chi connectivity index (χ0n) is 14.8. The molecule has 4 N–H and O–H groups in total. The van der Waals surface area contributed by atoms with Crippen molar-refractivity contribution >= 4 is 12.0 Å². The minimum atomic E-state index is -0.319. The highest BCUT2D eigenvalue weighted by Crippen LogP contribution is 2.26. The summed E-state index contributed by atoms with van der Waals surface area (Å²) < 4.78 is 5.03. The van der Waals surface area contributed by atoms with Crippen molar-refractivity contribution in [3.05, 3.63) is 65.2 Å². The molecule has 8 nitrogen and oxygen atoms in total. The zero-order valence-corrected chi connectivity index (χ0v) is 14.8. The Bertz CT molecular complexity index is 792. The van der Waals surface area contributed by atoms with Gasteiger partial charge in [0.05, 0.1) is 19.1 Å². The second-order valence-electron chi connectivity index (χ2n) is 5.64. The summed E-state index contributed by atoms with van der Waals surface area (Å²) in [6, 6.07) is 12.3. The molecule has 0 aromatic heterocycles. The molecule has 2 aromatic carbocycles. The lowest BCUT2D eigenvalue weighted by Gasteiger charge is -2.08. The number of benzene rings is 2. The molecule has 2 aromatic rings. The van der Waals surface area contributed by atoms with E-state index in [4.69, 9.17) is 15.2 Å². The maximum absolute atomic E-state index is 12.0. The molecule has 0 unspecified atom stereocenters. The Morgan fingerprint density at radius 3 is 2.70 bits per heavy atom. The highest BCUT2D eigenvalue weighted by atomic mass is 17.1. The minimum Gasteiger partial charge on any atom is -0.504 e. The number of phenols is 1. The van der Waals surface area contributed by atoms with Crippen molar-refractivity contribution in [2.75, 3.05) is 13.7 Å². The average molecular weight is 374 g/mol. The lowest BCUT2D eigenvalue weighted by molar-refractivity contribution is -0.492. The van der Waals surface area contributed by atoms with Crippen LogP contribution in [0.5, 0.6) is 11.5 Å². The molecule has 0 radical (unpaired) electrons. The zero-order chi connectivity index (χ0) is 19.6.